The smallest absolute Gasteiger partial charge is 0.238 e. The summed E-state index contributed by atoms with van der Waals surface area (Å²) < 4.78 is 29.7. The van der Waals surface area contributed by atoms with Gasteiger partial charge >= 0.3 is 0 Å². The summed E-state index contributed by atoms with van der Waals surface area (Å²) >= 11 is 3.38. The molecule has 0 saturated heterocycles. The van der Waals surface area contributed by atoms with Crippen LogP contribution in [0.25, 0.3) is 0 Å². The molecule has 112 valence electrons. The van der Waals surface area contributed by atoms with Gasteiger partial charge in [-0.25, -0.2) is 13.6 Å². The van der Waals surface area contributed by atoms with Crippen LogP contribution in [0.3, 0.4) is 0 Å². The molecule has 2 N–H and O–H groups in total. The van der Waals surface area contributed by atoms with Gasteiger partial charge < -0.3 is 4.74 Å². The monoisotopic (exact) mass is 369 g/mol. The van der Waals surface area contributed by atoms with E-state index in [9.17, 15) is 8.42 Å². The third kappa shape index (κ3) is 3.84. The van der Waals surface area contributed by atoms with Crippen molar-refractivity contribution >= 4 is 26.0 Å². The minimum absolute atomic E-state index is 0.135. The van der Waals surface area contributed by atoms with Crippen molar-refractivity contribution in [2.24, 2.45) is 5.14 Å². The van der Waals surface area contributed by atoms with Crippen LogP contribution in [0.15, 0.2) is 45.8 Å². The van der Waals surface area contributed by atoms with Crippen molar-refractivity contribution in [3.05, 3.63) is 57.6 Å². The highest BCUT2D eigenvalue weighted by molar-refractivity contribution is 9.10. The second kappa shape index (κ2) is 6.17. The molecule has 0 saturated carbocycles. The van der Waals surface area contributed by atoms with Crippen molar-refractivity contribution < 1.29 is 13.2 Å². The average molecular weight is 370 g/mol. The van der Waals surface area contributed by atoms with Gasteiger partial charge in [0.05, 0.1) is 4.90 Å². The fourth-order valence-electron chi connectivity index (χ4n) is 1.98. The molecule has 0 spiro atoms. The van der Waals surface area contributed by atoms with Crippen LogP contribution < -0.4 is 9.88 Å². The predicted molar refractivity (Wildman–Crippen MR) is 85.8 cm³/mol. The van der Waals surface area contributed by atoms with Crippen LogP contribution in [-0.4, -0.2) is 8.42 Å². The summed E-state index contributed by atoms with van der Waals surface area (Å²) in [4.78, 5) is 0.135. The number of hydrogen-bond acceptors (Lipinski definition) is 3. The summed E-state index contributed by atoms with van der Waals surface area (Å²) in [7, 11) is -3.71. The lowest BCUT2D eigenvalue weighted by atomic mass is 10.1. The maximum absolute atomic E-state index is 11.5. The SMILES string of the molecule is Cc1c(OCc2ccc(Br)cc2)ccc(S(N)(=O)=O)c1C. The van der Waals surface area contributed by atoms with E-state index in [1.165, 1.54) is 6.07 Å². The van der Waals surface area contributed by atoms with Crippen LogP contribution in [-0.2, 0) is 16.6 Å². The largest absolute Gasteiger partial charge is 0.489 e. The molecule has 2 aromatic carbocycles. The topological polar surface area (TPSA) is 69.4 Å². The first kappa shape index (κ1) is 16.0. The maximum Gasteiger partial charge on any atom is 0.238 e. The van der Waals surface area contributed by atoms with Gasteiger partial charge in [0, 0.05) is 4.47 Å². The summed E-state index contributed by atoms with van der Waals surface area (Å²) in [6.45, 7) is 3.96. The Morgan fingerprint density at radius 1 is 1.05 bits per heavy atom. The number of sulfonamides is 1. The second-order valence-electron chi connectivity index (χ2n) is 4.77. The summed E-state index contributed by atoms with van der Waals surface area (Å²) in [5.41, 5.74) is 2.43. The lowest BCUT2D eigenvalue weighted by Gasteiger charge is -2.13. The summed E-state index contributed by atoms with van der Waals surface area (Å²) in [6.07, 6.45) is 0. The molecule has 4 nitrogen and oxygen atoms in total. The molecule has 0 aliphatic carbocycles. The molecule has 6 heteroatoms. The van der Waals surface area contributed by atoms with Gasteiger partial charge in [-0.2, -0.15) is 0 Å². The molecule has 0 aliphatic rings. The van der Waals surface area contributed by atoms with Crippen molar-refractivity contribution in [3.63, 3.8) is 0 Å². The van der Waals surface area contributed by atoms with Crippen molar-refractivity contribution in [2.75, 3.05) is 0 Å². The maximum atomic E-state index is 11.5. The van der Waals surface area contributed by atoms with E-state index in [1.54, 1.807) is 13.0 Å². The normalized spacial score (nSPS) is 11.4. The predicted octanol–water partition coefficient (Wildman–Crippen LogP) is 3.29. The Hall–Kier alpha value is -1.37. The zero-order valence-electron chi connectivity index (χ0n) is 11.8. The first-order valence-corrected chi connectivity index (χ1v) is 8.63. The van der Waals surface area contributed by atoms with E-state index in [4.69, 9.17) is 9.88 Å². The first-order chi connectivity index (χ1) is 9.79. The van der Waals surface area contributed by atoms with Crippen molar-refractivity contribution in [3.8, 4) is 5.75 Å². The van der Waals surface area contributed by atoms with Crippen LogP contribution >= 0.6 is 15.9 Å². The molecule has 0 radical (unpaired) electrons. The van der Waals surface area contributed by atoms with Crippen LogP contribution in [0.5, 0.6) is 5.75 Å². The standard InChI is InChI=1S/C15H16BrNO3S/c1-10-11(2)15(21(17,18)19)8-7-14(10)20-9-12-3-5-13(16)6-4-12/h3-8H,9H2,1-2H3,(H2,17,18,19). The van der Waals surface area contributed by atoms with E-state index in [1.807, 2.05) is 31.2 Å². The minimum Gasteiger partial charge on any atom is -0.489 e. The Morgan fingerprint density at radius 2 is 1.67 bits per heavy atom. The fraction of sp³-hybridized carbons (Fsp3) is 0.200. The third-order valence-electron chi connectivity index (χ3n) is 3.30. The highest BCUT2D eigenvalue weighted by atomic mass is 79.9. The van der Waals surface area contributed by atoms with E-state index in [-0.39, 0.29) is 4.90 Å². The number of benzene rings is 2. The minimum atomic E-state index is -3.71. The zero-order valence-corrected chi connectivity index (χ0v) is 14.2. The van der Waals surface area contributed by atoms with Gasteiger partial charge in [-0.1, -0.05) is 28.1 Å². The number of hydrogen-bond donors (Lipinski definition) is 1. The van der Waals surface area contributed by atoms with Gasteiger partial charge in [0.1, 0.15) is 12.4 Å². The van der Waals surface area contributed by atoms with Crippen LogP contribution in [0.2, 0.25) is 0 Å². The van der Waals surface area contributed by atoms with Crippen molar-refractivity contribution in [1.82, 2.24) is 0 Å². The van der Waals surface area contributed by atoms with Gasteiger partial charge in [-0.3, -0.25) is 0 Å². The molecule has 2 aromatic rings. The Morgan fingerprint density at radius 3 is 2.24 bits per heavy atom. The number of rotatable bonds is 4. The molecular formula is C15H16BrNO3S. The first-order valence-electron chi connectivity index (χ1n) is 6.29. The number of nitrogens with two attached hydrogens (primary N) is 1. The van der Waals surface area contributed by atoms with Gasteiger partial charge in [-0.15, -0.1) is 0 Å². The Balaban J connectivity index is 2.22. The Labute approximate surface area is 133 Å². The summed E-state index contributed by atoms with van der Waals surface area (Å²) in [6, 6.07) is 10.9. The molecule has 0 aliphatic heterocycles. The molecule has 21 heavy (non-hydrogen) atoms. The number of halogens is 1. The lowest BCUT2D eigenvalue weighted by Crippen LogP contribution is -2.14. The molecule has 0 atom stereocenters. The van der Waals surface area contributed by atoms with Crippen LogP contribution in [0.1, 0.15) is 16.7 Å². The van der Waals surface area contributed by atoms with E-state index < -0.39 is 10.0 Å². The molecular weight excluding hydrogens is 354 g/mol. The second-order valence-corrected chi connectivity index (χ2v) is 7.22. The summed E-state index contributed by atoms with van der Waals surface area (Å²) in [5, 5.41) is 5.18. The third-order valence-corrected chi connectivity index (χ3v) is 4.89. The molecule has 2 rings (SSSR count). The number of primary sulfonamides is 1. The molecule has 0 heterocycles. The van der Waals surface area contributed by atoms with E-state index in [2.05, 4.69) is 15.9 Å². The molecule has 0 unspecified atom stereocenters. The summed E-state index contributed by atoms with van der Waals surface area (Å²) in [5.74, 6) is 0.655. The fourth-order valence-corrected chi connectivity index (χ4v) is 3.08. The Bertz CT molecular complexity index is 755. The van der Waals surface area contributed by atoms with E-state index >= 15 is 0 Å². The van der Waals surface area contributed by atoms with Gasteiger partial charge in [-0.05, 0) is 54.8 Å². The average Bonchev–Trinajstić information content (AvgIpc) is 2.41. The highest BCUT2D eigenvalue weighted by Gasteiger charge is 2.15. The van der Waals surface area contributed by atoms with Gasteiger partial charge in [0.15, 0.2) is 0 Å². The number of ether oxygens (including phenoxy) is 1. The molecule has 0 bridgehead atoms. The van der Waals surface area contributed by atoms with Gasteiger partial charge in [0.25, 0.3) is 0 Å². The quantitative estimate of drug-likeness (QED) is 0.898. The van der Waals surface area contributed by atoms with Gasteiger partial charge in [0.2, 0.25) is 10.0 Å². The highest BCUT2D eigenvalue weighted by Crippen LogP contribution is 2.27. The van der Waals surface area contributed by atoms with E-state index in [0.29, 0.717) is 17.9 Å². The van der Waals surface area contributed by atoms with Crippen molar-refractivity contribution in [2.45, 2.75) is 25.3 Å². The van der Waals surface area contributed by atoms with E-state index in [0.717, 1.165) is 15.6 Å². The van der Waals surface area contributed by atoms with Crippen LogP contribution in [0.4, 0.5) is 0 Å². The molecule has 0 aromatic heterocycles. The molecule has 0 amide bonds. The van der Waals surface area contributed by atoms with Crippen molar-refractivity contribution in [1.29, 1.82) is 0 Å². The molecule has 0 fully saturated rings. The lowest BCUT2D eigenvalue weighted by molar-refractivity contribution is 0.303. The zero-order chi connectivity index (χ0) is 15.6. The Kier molecular flexibility index (Phi) is 4.70. The van der Waals surface area contributed by atoms with Crippen LogP contribution in [0, 0.1) is 13.8 Å².